The fraction of sp³-hybridized carbons (Fsp3) is 0. The normalized spacial score (nSPS) is 18.5. The Morgan fingerprint density at radius 2 is 1.64 bits per heavy atom. The molecule has 1 heterocycles. The van der Waals surface area contributed by atoms with E-state index in [4.69, 9.17) is 46.4 Å². The van der Waals surface area contributed by atoms with Crippen molar-refractivity contribution >= 4 is 46.4 Å². The van der Waals surface area contributed by atoms with E-state index in [0.29, 0.717) is 5.03 Å². The number of halogens is 4. The van der Waals surface area contributed by atoms with Crippen LogP contribution in [-0.4, -0.2) is 0 Å². The Bertz CT molecular complexity index is 264. The van der Waals surface area contributed by atoms with Gasteiger partial charge in [0.2, 0.25) is 0 Å². The Morgan fingerprint density at radius 1 is 1.00 bits per heavy atom. The maximum atomic E-state index is 5.70. The van der Waals surface area contributed by atoms with Gasteiger partial charge in [-0.05, 0) is 6.08 Å². The van der Waals surface area contributed by atoms with E-state index in [1.54, 1.807) is 12.3 Å². The predicted molar refractivity (Wildman–Crippen MR) is 49.7 cm³/mol. The Kier molecular flexibility index (Phi) is 3.14. The van der Waals surface area contributed by atoms with Gasteiger partial charge in [0.25, 0.3) is 0 Å². The molecule has 0 radical (unpaired) electrons. The summed E-state index contributed by atoms with van der Waals surface area (Å²) in [6, 6.07) is 0. The molecule has 0 atom stereocenters. The van der Waals surface area contributed by atoms with Crippen LogP contribution in [0.15, 0.2) is 32.5 Å². The molecule has 1 aliphatic rings. The van der Waals surface area contributed by atoms with Crippen molar-refractivity contribution in [1.82, 2.24) is 5.32 Å². The van der Waals surface area contributed by atoms with E-state index in [-0.39, 0.29) is 15.2 Å². The van der Waals surface area contributed by atoms with Crippen molar-refractivity contribution in [2.24, 2.45) is 0 Å². The first-order chi connectivity index (χ1) is 5.13. The summed E-state index contributed by atoms with van der Waals surface area (Å²) in [6.07, 6.45) is 3.13. The highest BCUT2D eigenvalue weighted by Gasteiger charge is 2.10. The quantitative estimate of drug-likeness (QED) is 0.629. The van der Waals surface area contributed by atoms with Crippen LogP contribution in [0.5, 0.6) is 0 Å². The van der Waals surface area contributed by atoms with Crippen LogP contribution in [-0.2, 0) is 0 Å². The molecular formula is C6H3Cl4N. The first-order valence-corrected chi connectivity index (χ1v) is 4.18. The predicted octanol–water partition coefficient (Wildman–Crippen LogP) is 3.44. The summed E-state index contributed by atoms with van der Waals surface area (Å²) >= 11 is 22.7. The summed E-state index contributed by atoms with van der Waals surface area (Å²) in [7, 11) is 0. The zero-order valence-electron chi connectivity index (χ0n) is 5.17. The largest absolute Gasteiger partial charge is 0.351 e. The van der Waals surface area contributed by atoms with E-state index >= 15 is 0 Å². The van der Waals surface area contributed by atoms with Crippen molar-refractivity contribution in [3.8, 4) is 0 Å². The molecule has 11 heavy (non-hydrogen) atoms. The molecule has 5 heteroatoms. The monoisotopic (exact) mass is 229 g/mol. The maximum absolute atomic E-state index is 5.70. The van der Waals surface area contributed by atoms with Gasteiger partial charge in [-0.2, -0.15) is 0 Å². The highest BCUT2D eigenvalue weighted by Crippen LogP contribution is 2.30. The molecular weight excluding hydrogens is 228 g/mol. The highest BCUT2D eigenvalue weighted by molar-refractivity contribution is 6.51. The van der Waals surface area contributed by atoms with E-state index in [9.17, 15) is 0 Å². The molecule has 0 unspecified atom stereocenters. The Morgan fingerprint density at radius 3 is 2.27 bits per heavy atom. The van der Waals surface area contributed by atoms with Crippen LogP contribution in [0.4, 0.5) is 0 Å². The van der Waals surface area contributed by atoms with Crippen molar-refractivity contribution in [3.05, 3.63) is 32.5 Å². The average molecular weight is 231 g/mol. The molecule has 1 aliphatic heterocycles. The summed E-state index contributed by atoms with van der Waals surface area (Å²) in [5.41, 5.74) is 0. The van der Waals surface area contributed by atoms with E-state index in [2.05, 4.69) is 5.32 Å². The molecule has 0 saturated carbocycles. The zero-order valence-corrected chi connectivity index (χ0v) is 8.19. The number of hydrogen-bond donors (Lipinski definition) is 1. The molecule has 0 aromatic rings. The summed E-state index contributed by atoms with van der Waals surface area (Å²) in [5.74, 6) is 0. The minimum absolute atomic E-state index is 0.225. The number of rotatable bonds is 0. The second-order valence-corrected chi connectivity index (χ2v) is 3.31. The molecule has 0 saturated heterocycles. The maximum Gasteiger partial charge on any atom is 0.126 e. The van der Waals surface area contributed by atoms with Gasteiger partial charge in [0, 0.05) is 6.20 Å². The highest BCUT2D eigenvalue weighted by atomic mass is 35.5. The van der Waals surface area contributed by atoms with Gasteiger partial charge in [0.05, 0.1) is 15.1 Å². The lowest BCUT2D eigenvalue weighted by atomic mass is 10.4. The Labute approximate surface area is 84.3 Å². The summed E-state index contributed by atoms with van der Waals surface area (Å²) in [6.45, 7) is 0. The van der Waals surface area contributed by atoms with Crippen LogP contribution in [0, 0.1) is 0 Å². The first kappa shape index (κ1) is 9.27. The van der Waals surface area contributed by atoms with Gasteiger partial charge in [-0.25, -0.2) is 0 Å². The van der Waals surface area contributed by atoms with Gasteiger partial charge in [-0.15, -0.1) is 0 Å². The lowest BCUT2D eigenvalue weighted by Crippen LogP contribution is -1.98. The van der Waals surface area contributed by atoms with Crippen molar-refractivity contribution in [1.29, 1.82) is 0 Å². The number of nitrogens with one attached hydrogen (secondary N) is 1. The molecule has 60 valence electrons. The standard InChI is InChI=1S/C6H3Cl4N/c7-3-1-2-11-6(10)5(9)4(3)8/h1-2,11H. The van der Waals surface area contributed by atoms with E-state index < -0.39 is 0 Å². The third-order valence-corrected chi connectivity index (χ3v) is 2.71. The lowest BCUT2D eigenvalue weighted by molar-refractivity contribution is 1.16. The van der Waals surface area contributed by atoms with E-state index in [1.807, 2.05) is 0 Å². The van der Waals surface area contributed by atoms with Crippen molar-refractivity contribution < 1.29 is 0 Å². The first-order valence-electron chi connectivity index (χ1n) is 2.67. The average Bonchev–Trinajstić information content (AvgIpc) is 2.07. The molecule has 0 spiro atoms. The van der Waals surface area contributed by atoms with Crippen molar-refractivity contribution in [2.75, 3.05) is 0 Å². The molecule has 1 N–H and O–H groups in total. The van der Waals surface area contributed by atoms with Gasteiger partial charge in [0.15, 0.2) is 0 Å². The zero-order chi connectivity index (χ0) is 8.43. The molecule has 1 rings (SSSR count). The number of hydrogen-bond acceptors (Lipinski definition) is 1. The SMILES string of the molecule is ClC1=C(Cl)C(Cl)=C(Cl)NC=C1. The molecule has 0 amide bonds. The minimum atomic E-state index is 0.225. The van der Waals surface area contributed by atoms with Gasteiger partial charge in [-0.3, -0.25) is 0 Å². The van der Waals surface area contributed by atoms with Gasteiger partial charge in [-0.1, -0.05) is 46.4 Å². The van der Waals surface area contributed by atoms with Crippen molar-refractivity contribution in [3.63, 3.8) is 0 Å². The smallest absolute Gasteiger partial charge is 0.126 e. The Hall–Kier alpha value is 0.180. The van der Waals surface area contributed by atoms with E-state index in [1.165, 1.54) is 0 Å². The second-order valence-electron chi connectivity index (χ2n) is 1.77. The molecule has 0 bridgehead atoms. The van der Waals surface area contributed by atoms with E-state index in [0.717, 1.165) is 0 Å². The van der Waals surface area contributed by atoms with Crippen LogP contribution < -0.4 is 5.32 Å². The van der Waals surface area contributed by atoms with Gasteiger partial charge >= 0.3 is 0 Å². The van der Waals surface area contributed by atoms with Gasteiger partial charge in [0.1, 0.15) is 5.16 Å². The van der Waals surface area contributed by atoms with Crippen LogP contribution >= 0.6 is 46.4 Å². The summed E-state index contributed by atoms with van der Waals surface area (Å²) in [4.78, 5) is 0. The fourth-order valence-corrected chi connectivity index (χ4v) is 1.25. The Balaban J connectivity index is 3.15. The summed E-state index contributed by atoms with van der Waals surface area (Å²) < 4.78 is 0. The molecule has 0 aromatic carbocycles. The molecule has 1 nitrogen and oxygen atoms in total. The minimum Gasteiger partial charge on any atom is -0.351 e. The third-order valence-electron chi connectivity index (χ3n) is 1.03. The van der Waals surface area contributed by atoms with Gasteiger partial charge < -0.3 is 5.32 Å². The second kappa shape index (κ2) is 3.72. The van der Waals surface area contributed by atoms with Crippen LogP contribution in [0.3, 0.4) is 0 Å². The van der Waals surface area contributed by atoms with Crippen LogP contribution in [0.2, 0.25) is 0 Å². The topological polar surface area (TPSA) is 12.0 Å². The third kappa shape index (κ3) is 2.06. The van der Waals surface area contributed by atoms with Crippen molar-refractivity contribution in [2.45, 2.75) is 0 Å². The molecule has 0 aliphatic carbocycles. The number of allylic oxidation sites excluding steroid dienone is 4. The van der Waals surface area contributed by atoms with Crippen LogP contribution in [0.1, 0.15) is 0 Å². The molecule has 0 fully saturated rings. The summed E-state index contributed by atoms with van der Waals surface area (Å²) in [5, 5.41) is 3.78. The molecule has 0 aromatic heterocycles. The lowest BCUT2D eigenvalue weighted by Gasteiger charge is -1.98. The fourth-order valence-electron chi connectivity index (χ4n) is 0.526. The van der Waals surface area contributed by atoms with Crippen LogP contribution in [0.25, 0.3) is 0 Å².